The smallest absolute Gasteiger partial charge is 0.398 e. The van der Waals surface area contributed by atoms with Crippen LogP contribution in [0.25, 0.3) is 0 Å². The van der Waals surface area contributed by atoms with Gasteiger partial charge in [0.1, 0.15) is 0 Å². The van der Waals surface area contributed by atoms with Gasteiger partial charge in [-0.2, -0.15) is 0 Å². The minimum absolute atomic E-state index is 0.298. The fourth-order valence-electron chi connectivity index (χ4n) is 1.52. The maximum Gasteiger partial charge on any atom is 0.511 e. The van der Waals surface area contributed by atoms with Crippen molar-refractivity contribution in [2.24, 2.45) is 0 Å². The van der Waals surface area contributed by atoms with Crippen molar-refractivity contribution in [3.05, 3.63) is 24.3 Å². The van der Waals surface area contributed by atoms with Gasteiger partial charge in [-0.15, -0.1) is 0 Å². The number of rotatable bonds is 3. The van der Waals surface area contributed by atoms with Crippen molar-refractivity contribution in [2.45, 2.75) is 38.9 Å². The van der Waals surface area contributed by atoms with E-state index in [4.69, 9.17) is 9.31 Å². The van der Waals surface area contributed by atoms with E-state index >= 15 is 0 Å². The maximum atomic E-state index is 5.96. The number of hydrogen-bond donors (Lipinski definition) is 0. The van der Waals surface area contributed by atoms with E-state index in [1.807, 2.05) is 52.8 Å². The van der Waals surface area contributed by atoms with Crippen LogP contribution >= 0.6 is 0 Å². The first-order valence-electron chi connectivity index (χ1n) is 5.57. The average Bonchev–Trinajstić information content (AvgIpc) is 2.31. The van der Waals surface area contributed by atoms with Gasteiger partial charge in [-0.3, -0.25) is 0 Å². The molecule has 0 saturated carbocycles. The number of allylic oxidation sites excluding steroid dienone is 2. The molecule has 0 bridgehead atoms. The fraction of sp³-hybridized carbons (Fsp3) is 0.667. The minimum Gasteiger partial charge on any atom is -0.398 e. The van der Waals surface area contributed by atoms with Gasteiger partial charge in [0.15, 0.2) is 0 Å². The van der Waals surface area contributed by atoms with Gasteiger partial charge < -0.3 is 14.2 Å². The minimum atomic E-state index is -0.321. The van der Waals surface area contributed by atoms with E-state index in [9.17, 15) is 0 Å². The zero-order valence-electron chi connectivity index (χ0n) is 11.2. The SMILES string of the molecule is C=C/C=C(/B1OC(C)(C)C(C)(C)O1)N(C)C. The Kier molecular flexibility index (Phi) is 3.55. The van der Waals surface area contributed by atoms with E-state index < -0.39 is 0 Å². The van der Waals surface area contributed by atoms with E-state index in [1.54, 1.807) is 6.08 Å². The summed E-state index contributed by atoms with van der Waals surface area (Å²) >= 11 is 0. The van der Waals surface area contributed by atoms with Crippen molar-refractivity contribution < 1.29 is 9.31 Å². The Balaban J connectivity index is 2.94. The molecule has 1 fully saturated rings. The molecule has 16 heavy (non-hydrogen) atoms. The summed E-state index contributed by atoms with van der Waals surface area (Å²) in [4.78, 5) is 1.99. The normalized spacial score (nSPS) is 23.4. The summed E-state index contributed by atoms with van der Waals surface area (Å²) in [5.74, 6) is 0. The summed E-state index contributed by atoms with van der Waals surface area (Å²) in [6.45, 7) is 11.9. The van der Waals surface area contributed by atoms with Crippen LogP contribution in [0, 0.1) is 0 Å². The predicted octanol–water partition coefficient (Wildman–Crippen LogP) is 2.25. The molecule has 0 spiro atoms. The lowest BCUT2D eigenvalue weighted by molar-refractivity contribution is 0.00578. The summed E-state index contributed by atoms with van der Waals surface area (Å²) in [5.41, 5.74) is 0.385. The van der Waals surface area contributed by atoms with Gasteiger partial charge in [0.25, 0.3) is 0 Å². The quantitative estimate of drug-likeness (QED) is 0.541. The summed E-state index contributed by atoms with van der Waals surface area (Å²) < 4.78 is 11.9. The van der Waals surface area contributed by atoms with Gasteiger partial charge in [-0.25, -0.2) is 0 Å². The molecule has 0 aromatic heterocycles. The third-order valence-electron chi connectivity index (χ3n) is 3.30. The van der Waals surface area contributed by atoms with E-state index in [0.29, 0.717) is 0 Å². The first-order chi connectivity index (χ1) is 7.21. The third kappa shape index (κ3) is 2.33. The van der Waals surface area contributed by atoms with Crippen molar-refractivity contribution in [3.63, 3.8) is 0 Å². The van der Waals surface area contributed by atoms with Gasteiger partial charge >= 0.3 is 7.12 Å². The second kappa shape index (κ2) is 4.26. The predicted molar refractivity (Wildman–Crippen MR) is 68.0 cm³/mol. The molecular weight excluding hydrogens is 201 g/mol. The molecule has 0 aliphatic carbocycles. The van der Waals surface area contributed by atoms with Crippen molar-refractivity contribution in [2.75, 3.05) is 14.1 Å². The standard InChI is InChI=1S/C12H22BNO2/c1-8-9-10(14(6)7)13-15-11(2,3)12(4,5)16-13/h8-9H,1H2,2-7H3/b10-9-. The highest BCUT2D eigenvalue weighted by Gasteiger charge is 2.52. The lowest BCUT2D eigenvalue weighted by atomic mass is 9.83. The van der Waals surface area contributed by atoms with Gasteiger partial charge in [0, 0.05) is 19.7 Å². The Morgan fingerprint density at radius 1 is 1.12 bits per heavy atom. The third-order valence-corrected chi connectivity index (χ3v) is 3.30. The Bertz CT molecular complexity index is 292. The molecule has 1 saturated heterocycles. The van der Waals surface area contributed by atoms with Crippen LogP contribution in [0.15, 0.2) is 24.3 Å². The monoisotopic (exact) mass is 223 g/mol. The Morgan fingerprint density at radius 3 is 1.88 bits per heavy atom. The number of hydrogen-bond acceptors (Lipinski definition) is 3. The summed E-state index contributed by atoms with van der Waals surface area (Å²) in [6, 6.07) is 0. The highest BCUT2D eigenvalue weighted by Crippen LogP contribution is 2.38. The Hall–Kier alpha value is -0.735. The van der Waals surface area contributed by atoms with Crippen molar-refractivity contribution in [1.29, 1.82) is 0 Å². The highest BCUT2D eigenvalue weighted by molar-refractivity contribution is 6.54. The second-order valence-electron chi connectivity index (χ2n) is 5.31. The van der Waals surface area contributed by atoms with Crippen LogP contribution in [-0.2, 0) is 9.31 Å². The molecule has 1 rings (SSSR count). The molecular formula is C12H22BNO2. The van der Waals surface area contributed by atoms with E-state index in [0.717, 1.165) is 5.60 Å². The molecule has 0 unspecified atom stereocenters. The average molecular weight is 223 g/mol. The Labute approximate surface area is 99.2 Å². The molecule has 1 heterocycles. The number of nitrogens with zero attached hydrogens (tertiary/aromatic N) is 1. The molecule has 0 atom stereocenters. The molecule has 0 aromatic carbocycles. The lowest BCUT2D eigenvalue weighted by Crippen LogP contribution is -2.41. The van der Waals surface area contributed by atoms with Crippen molar-refractivity contribution >= 4 is 7.12 Å². The Morgan fingerprint density at radius 2 is 1.56 bits per heavy atom. The summed E-state index contributed by atoms with van der Waals surface area (Å²) in [5, 5.41) is 0. The summed E-state index contributed by atoms with van der Waals surface area (Å²) in [6.07, 6.45) is 3.67. The molecule has 0 N–H and O–H groups in total. The fourth-order valence-corrected chi connectivity index (χ4v) is 1.52. The van der Waals surface area contributed by atoms with Crippen LogP contribution < -0.4 is 0 Å². The topological polar surface area (TPSA) is 21.7 Å². The zero-order valence-corrected chi connectivity index (χ0v) is 11.2. The van der Waals surface area contributed by atoms with Gasteiger partial charge in [-0.05, 0) is 33.8 Å². The van der Waals surface area contributed by atoms with E-state index in [-0.39, 0.29) is 18.3 Å². The molecule has 1 aliphatic rings. The maximum absolute atomic E-state index is 5.96. The summed E-state index contributed by atoms with van der Waals surface area (Å²) in [7, 11) is 3.62. The van der Waals surface area contributed by atoms with Crippen LogP contribution in [-0.4, -0.2) is 37.3 Å². The van der Waals surface area contributed by atoms with Gasteiger partial charge in [0.05, 0.1) is 11.2 Å². The van der Waals surface area contributed by atoms with Crippen LogP contribution in [0.5, 0.6) is 0 Å². The van der Waals surface area contributed by atoms with Crippen LogP contribution in [0.2, 0.25) is 0 Å². The second-order valence-corrected chi connectivity index (χ2v) is 5.31. The molecule has 1 aliphatic heterocycles. The van der Waals surface area contributed by atoms with E-state index in [1.165, 1.54) is 0 Å². The molecule has 0 amide bonds. The zero-order chi connectivity index (χ0) is 12.6. The molecule has 90 valence electrons. The molecule has 3 nitrogen and oxygen atoms in total. The molecule has 0 radical (unpaired) electrons. The van der Waals surface area contributed by atoms with Crippen molar-refractivity contribution in [1.82, 2.24) is 4.90 Å². The van der Waals surface area contributed by atoms with Crippen LogP contribution in [0.1, 0.15) is 27.7 Å². The van der Waals surface area contributed by atoms with Gasteiger partial charge in [-0.1, -0.05) is 12.7 Å². The lowest BCUT2D eigenvalue weighted by Gasteiger charge is -2.32. The first kappa shape index (κ1) is 13.3. The molecule has 4 heteroatoms. The van der Waals surface area contributed by atoms with Gasteiger partial charge in [0.2, 0.25) is 0 Å². The highest BCUT2D eigenvalue weighted by atomic mass is 16.7. The van der Waals surface area contributed by atoms with E-state index in [2.05, 4.69) is 6.58 Å². The van der Waals surface area contributed by atoms with Crippen LogP contribution in [0.4, 0.5) is 0 Å². The first-order valence-corrected chi connectivity index (χ1v) is 5.57. The van der Waals surface area contributed by atoms with Crippen molar-refractivity contribution in [3.8, 4) is 0 Å². The van der Waals surface area contributed by atoms with Crippen LogP contribution in [0.3, 0.4) is 0 Å². The molecule has 0 aromatic rings. The largest absolute Gasteiger partial charge is 0.511 e.